The Morgan fingerprint density at radius 3 is 2.12 bits per heavy atom. The lowest BCUT2D eigenvalue weighted by molar-refractivity contribution is 0.295. The third-order valence-electron chi connectivity index (χ3n) is 4.13. The van der Waals surface area contributed by atoms with Gasteiger partial charge in [-0.25, -0.2) is 0 Å². The summed E-state index contributed by atoms with van der Waals surface area (Å²) in [6.45, 7) is 4.64. The highest BCUT2D eigenvalue weighted by Gasteiger charge is 2.28. The predicted octanol–water partition coefficient (Wildman–Crippen LogP) is 5.38. The Hall–Kier alpha value is -0.300. The molecule has 94 valence electrons. The van der Waals surface area contributed by atoms with Gasteiger partial charge in [-0.1, -0.05) is 60.1 Å². The average molecular weight is 295 g/mol. The van der Waals surface area contributed by atoms with Crippen molar-refractivity contribution in [3.8, 4) is 0 Å². The van der Waals surface area contributed by atoms with Crippen molar-refractivity contribution < 1.29 is 0 Å². The molecule has 1 saturated carbocycles. The SMILES string of the molecule is CC(C)C(Br)C1CCC(c2ccccc2)CC1. The molecule has 0 aromatic heterocycles. The molecule has 1 aliphatic rings. The first kappa shape index (κ1) is 13.1. The van der Waals surface area contributed by atoms with Gasteiger partial charge < -0.3 is 0 Å². The van der Waals surface area contributed by atoms with Crippen molar-refractivity contribution in [2.45, 2.75) is 50.3 Å². The number of hydrogen-bond acceptors (Lipinski definition) is 0. The van der Waals surface area contributed by atoms with Gasteiger partial charge in [0.1, 0.15) is 0 Å². The molecule has 1 aromatic carbocycles. The summed E-state index contributed by atoms with van der Waals surface area (Å²) in [6, 6.07) is 11.0. The summed E-state index contributed by atoms with van der Waals surface area (Å²) < 4.78 is 0. The van der Waals surface area contributed by atoms with E-state index in [-0.39, 0.29) is 0 Å². The Labute approximate surface area is 114 Å². The molecular weight excluding hydrogens is 272 g/mol. The van der Waals surface area contributed by atoms with Crippen molar-refractivity contribution >= 4 is 15.9 Å². The highest BCUT2D eigenvalue weighted by molar-refractivity contribution is 9.09. The lowest BCUT2D eigenvalue weighted by Crippen LogP contribution is -2.24. The van der Waals surface area contributed by atoms with Crippen molar-refractivity contribution in [2.75, 3.05) is 0 Å². The molecule has 0 heterocycles. The van der Waals surface area contributed by atoms with E-state index in [0.717, 1.165) is 17.8 Å². The summed E-state index contributed by atoms with van der Waals surface area (Å²) in [4.78, 5) is 0.708. The number of halogens is 1. The molecule has 1 aromatic rings. The van der Waals surface area contributed by atoms with Crippen LogP contribution in [0, 0.1) is 11.8 Å². The molecule has 0 nitrogen and oxygen atoms in total. The van der Waals surface area contributed by atoms with Crippen molar-refractivity contribution in [2.24, 2.45) is 11.8 Å². The second-order valence-electron chi connectivity index (χ2n) is 5.71. The third kappa shape index (κ3) is 3.34. The Morgan fingerprint density at radius 1 is 1.00 bits per heavy atom. The predicted molar refractivity (Wildman–Crippen MR) is 78.7 cm³/mol. The highest BCUT2D eigenvalue weighted by Crippen LogP contribution is 2.40. The van der Waals surface area contributed by atoms with Gasteiger partial charge in [-0.3, -0.25) is 0 Å². The Kier molecular flexibility index (Phi) is 4.67. The van der Waals surface area contributed by atoms with Crippen LogP contribution >= 0.6 is 15.9 Å². The van der Waals surface area contributed by atoms with Crippen LogP contribution in [0.5, 0.6) is 0 Å². The van der Waals surface area contributed by atoms with Gasteiger partial charge in [0.2, 0.25) is 0 Å². The highest BCUT2D eigenvalue weighted by atomic mass is 79.9. The maximum Gasteiger partial charge on any atom is 0.0197 e. The maximum atomic E-state index is 3.88. The number of hydrogen-bond donors (Lipinski definition) is 0. The van der Waals surface area contributed by atoms with Crippen molar-refractivity contribution in [1.82, 2.24) is 0 Å². The number of benzene rings is 1. The molecule has 0 amide bonds. The Morgan fingerprint density at radius 2 is 1.59 bits per heavy atom. The van der Waals surface area contributed by atoms with Gasteiger partial charge in [-0.05, 0) is 49.0 Å². The van der Waals surface area contributed by atoms with Crippen LogP contribution in [0.25, 0.3) is 0 Å². The molecule has 1 unspecified atom stereocenters. The summed E-state index contributed by atoms with van der Waals surface area (Å²) >= 11 is 3.88. The maximum absolute atomic E-state index is 3.88. The van der Waals surface area contributed by atoms with Crippen LogP contribution in [0.2, 0.25) is 0 Å². The van der Waals surface area contributed by atoms with E-state index in [0.29, 0.717) is 4.83 Å². The third-order valence-corrected chi connectivity index (χ3v) is 5.94. The quantitative estimate of drug-likeness (QED) is 0.657. The Bertz CT molecular complexity index is 323. The molecule has 17 heavy (non-hydrogen) atoms. The zero-order valence-corrected chi connectivity index (χ0v) is 12.5. The topological polar surface area (TPSA) is 0 Å². The Balaban J connectivity index is 1.90. The molecule has 0 bridgehead atoms. The first-order valence-corrected chi connectivity index (χ1v) is 7.79. The van der Waals surface area contributed by atoms with Gasteiger partial charge in [0.25, 0.3) is 0 Å². The van der Waals surface area contributed by atoms with E-state index in [1.807, 2.05) is 0 Å². The molecule has 0 saturated heterocycles. The van der Waals surface area contributed by atoms with E-state index in [9.17, 15) is 0 Å². The fourth-order valence-electron chi connectivity index (χ4n) is 3.04. The van der Waals surface area contributed by atoms with Crippen molar-refractivity contribution in [1.29, 1.82) is 0 Å². The lowest BCUT2D eigenvalue weighted by atomic mass is 9.76. The number of rotatable bonds is 3. The largest absolute Gasteiger partial charge is 0.0885 e. The molecule has 0 radical (unpaired) electrons. The van der Waals surface area contributed by atoms with Crippen LogP contribution in [0.3, 0.4) is 0 Å². The first-order valence-electron chi connectivity index (χ1n) is 6.87. The molecule has 1 aliphatic carbocycles. The van der Waals surface area contributed by atoms with Crippen LogP contribution < -0.4 is 0 Å². The van der Waals surface area contributed by atoms with Crippen molar-refractivity contribution in [3.63, 3.8) is 0 Å². The molecule has 1 fully saturated rings. The monoisotopic (exact) mass is 294 g/mol. The van der Waals surface area contributed by atoms with E-state index in [2.05, 4.69) is 60.1 Å². The fourth-order valence-corrected chi connectivity index (χ4v) is 3.57. The average Bonchev–Trinajstić information content (AvgIpc) is 2.39. The van der Waals surface area contributed by atoms with Crippen LogP contribution in [-0.4, -0.2) is 4.83 Å². The van der Waals surface area contributed by atoms with Crippen LogP contribution in [0.1, 0.15) is 51.0 Å². The summed E-state index contributed by atoms with van der Waals surface area (Å²) in [6.07, 6.45) is 5.49. The first-order chi connectivity index (χ1) is 8.18. The molecule has 0 spiro atoms. The van der Waals surface area contributed by atoms with E-state index in [4.69, 9.17) is 0 Å². The van der Waals surface area contributed by atoms with E-state index < -0.39 is 0 Å². The summed E-state index contributed by atoms with van der Waals surface area (Å²) in [7, 11) is 0. The zero-order chi connectivity index (χ0) is 12.3. The van der Waals surface area contributed by atoms with Gasteiger partial charge in [0.05, 0.1) is 0 Å². The second kappa shape index (κ2) is 6.04. The minimum absolute atomic E-state index is 0.708. The standard InChI is InChI=1S/C16H23Br/c1-12(2)16(17)15-10-8-14(9-11-15)13-6-4-3-5-7-13/h3-7,12,14-16H,8-11H2,1-2H3. The van der Waals surface area contributed by atoms with Crippen molar-refractivity contribution in [3.05, 3.63) is 35.9 Å². The minimum atomic E-state index is 0.708. The fraction of sp³-hybridized carbons (Fsp3) is 0.625. The van der Waals surface area contributed by atoms with E-state index in [1.165, 1.54) is 25.7 Å². The van der Waals surface area contributed by atoms with Crippen LogP contribution in [-0.2, 0) is 0 Å². The molecule has 0 N–H and O–H groups in total. The molecular formula is C16H23Br. The summed E-state index contributed by atoms with van der Waals surface area (Å²) in [5, 5.41) is 0. The smallest absolute Gasteiger partial charge is 0.0197 e. The summed E-state index contributed by atoms with van der Waals surface area (Å²) in [5.74, 6) is 2.45. The second-order valence-corrected chi connectivity index (χ2v) is 6.77. The molecule has 2 rings (SSSR count). The molecule has 1 heteroatoms. The van der Waals surface area contributed by atoms with E-state index in [1.54, 1.807) is 5.56 Å². The summed E-state index contributed by atoms with van der Waals surface area (Å²) in [5.41, 5.74) is 1.54. The minimum Gasteiger partial charge on any atom is -0.0885 e. The molecule has 1 atom stereocenters. The zero-order valence-electron chi connectivity index (χ0n) is 10.9. The normalized spacial score (nSPS) is 27.1. The molecule has 0 aliphatic heterocycles. The van der Waals surface area contributed by atoms with Gasteiger partial charge in [0, 0.05) is 4.83 Å². The van der Waals surface area contributed by atoms with Gasteiger partial charge in [-0.15, -0.1) is 0 Å². The van der Waals surface area contributed by atoms with Gasteiger partial charge in [0.15, 0.2) is 0 Å². The van der Waals surface area contributed by atoms with Gasteiger partial charge in [-0.2, -0.15) is 0 Å². The van der Waals surface area contributed by atoms with E-state index >= 15 is 0 Å². The van der Waals surface area contributed by atoms with Crippen LogP contribution in [0.4, 0.5) is 0 Å². The van der Waals surface area contributed by atoms with Gasteiger partial charge >= 0.3 is 0 Å². The lowest BCUT2D eigenvalue weighted by Gasteiger charge is -2.33. The van der Waals surface area contributed by atoms with Crippen LogP contribution in [0.15, 0.2) is 30.3 Å². The number of alkyl halides is 1.